The van der Waals surface area contributed by atoms with Gasteiger partial charge < -0.3 is 5.73 Å². The third-order valence-electron chi connectivity index (χ3n) is 2.60. The van der Waals surface area contributed by atoms with Crippen LogP contribution in [0.3, 0.4) is 0 Å². The van der Waals surface area contributed by atoms with Crippen LogP contribution in [0.25, 0.3) is 0 Å². The van der Waals surface area contributed by atoms with Crippen molar-refractivity contribution in [2.45, 2.75) is 49.4 Å². The van der Waals surface area contributed by atoms with Gasteiger partial charge >= 0.3 is 0 Å². The van der Waals surface area contributed by atoms with Crippen molar-refractivity contribution in [3.63, 3.8) is 0 Å². The molecule has 17 heavy (non-hydrogen) atoms. The summed E-state index contributed by atoms with van der Waals surface area (Å²) < 4.78 is 0. The van der Waals surface area contributed by atoms with E-state index in [4.69, 9.17) is 5.73 Å². The predicted molar refractivity (Wildman–Crippen MR) is 81.0 cm³/mol. The fourth-order valence-corrected chi connectivity index (χ4v) is 3.74. The van der Waals surface area contributed by atoms with E-state index in [1.165, 1.54) is 40.4 Å². The molecule has 0 aliphatic heterocycles. The average molecular weight is 269 g/mol. The minimum absolute atomic E-state index is 0.652. The molecule has 1 aromatic rings. The first-order valence-corrected chi connectivity index (χ1v) is 8.38. The molecule has 0 aliphatic carbocycles. The fourth-order valence-electron chi connectivity index (χ4n) is 1.71. The standard InChI is InChI=1S/C14H23NS2/c1-3-5-6-10-17-14-9-7-8-13(16-4-2)12(14)11-15/h7-9H,3-6,10-11,15H2,1-2H3. The summed E-state index contributed by atoms with van der Waals surface area (Å²) in [5.41, 5.74) is 7.22. The molecule has 0 atom stereocenters. The van der Waals surface area contributed by atoms with E-state index in [1.54, 1.807) is 0 Å². The molecule has 0 aliphatic rings. The largest absolute Gasteiger partial charge is 0.326 e. The van der Waals surface area contributed by atoms with E-state index in [9.17, 15) is 0 Å². The van der Waals surface area contributed by atoms with Crippen molar-refractivity contribution in [3.8, 4) is 0 Å². The predicted octanol–water partition coefficient (Wildman–Crippen LogP) is 4.54. The van der Waals surface area contributed by atoms with Crippen LogP contribution in [0, 0.1) is 0 Å². The van der Waals surface area contributed by atoms with Crippen molar-refractivity contribution in [3.05, 3.63) is 23.8 Å². The number of hydrogen-bond donors (Lipinski definition) is 1. The molecular weight excluding hydrogens is 246 g/mol. The van der Waals surface area contributed by atoms with E-state index < -0.39 is 0 Å². The number of nitrogens with two attached hydrogens (primary N) is 1. The summed E-state index contributed by atoms with van der Waals surface area (Å²) in [6.07, 6.45) is 3.92. The van der Waals surface area contributed by atoms with Crippen LogP contribution in [0.5, 0.6) is 0 Å². The van der Waals surface area contributed by atoms with Crippen LogP contribution in [-0.2, 0) is 6.54 Å². The number of unbranched alkanes of at least 4 members (excludes halogenated alkanes) is 2. The van der Waals surface area contributed by atoms with Gasteiger partial charge in [-0.15, -0.1) is 23.5 Å². The maximum absolute atomic E-state index is 5.89. The molecule has 0 saturated heterocycles. The molecule has 1 aromatic carbocycles. The van der Waals surface area contributed by atoms with Crippen LogP contribution in [0.15, 0.2) is 28.0 Å². The van der Waals surface area contributed by atoms with Gasteiger partial charge in [0.25, 0.3) is 0 Å². The lowest BCUT2D eigenvalue weighted by molar-refractivity contribution is 0.778. The van der Waals surface area contributed by atoms with Crippen LogP contribution < -0.4 is 5.73 Å². The highest BCUT2D eigenvalue weighted by molar-refractivity contribution is 8.00. The third-order valence-corrected chi connectivity index (χ3v) is 4.77. The first-order valence-electron chi connectivity index (χ1n) is 6.41. The summed E-state index contributed by atoms with van der Waals surface area (Å²) in [4.78, 5) is 2.73. The minimum Gasteiger partial charge on any atom is -0.326 e. The smallest absolute Gasteiger partial charge is 0.0200 e. The van der Waals surface area contributed by atoms with E-state index in [0.29, 0.717) is 6.54 Å². The SMILES string of the molecule is CCCCCSc1cccc(SCC)c1CN. The van der Waals surface area contributed by atoms with E-state index in [0.717, 1.165) is 5.75 Å². The number of benzene rings is 1. The van der Waals surface area contributed by atoms with Gasteiger partial charge in [-0.1, -0.05) is 32.8 Å². The Morgan fingerprint density at radius 1 is 1.06 bits per heavy atom. The van der Waals surface area contributed by atoms with Gasteiger partial charge in [0.05, 0.1) is 0 Å². The first kappa shape index (κ1) is 14.9. The molecule has 0 aromatic heterocycles. The average Bonchev–Trinajstić information content (AvgIpc) is 2.35. The van der Waals surface area contributed by atoms with Crippen LogP contribution in [-0.4, -0.2) is 11.5 Å². The number of thioether (sulfide) groups is 2. The molecule has 0 amide bonds. The maximum Gasteiger partial charge on any atom is 0.0200 e. The molecular formula is C14H23NS2. The monoisotopic (exact) mass is 269 g/mol. The topological polar surface area (TPSA) is 26.0 Å². The van der Waals surface area contributed by atoms with Crippen LogP contribution in [0.2, 0.25) is 0 Å². The number of rotatable bonds is 8. The van der Waals surface area contributed by atoms with Gasteiger partial charge in [-0.2, -0.15) is 0 Å². The van der Waals surface area contributed by atoms with Gasteiger partial charge in [-0.05, 0) is 35.6 Å². The van der Waals surface area contributed by atoms with Crippen molar-refractivity contribution in [1.29, 1.82) is 0 Å². The second-order valence-corrected chi connectivity index (χ2v) is 6.37. The normalized spacial score (nSPS) is 10.8. The molecule has 0 bridgehead atoms. The van der Waals surface area contributed by atoms with E-state index >= 15 is 0 Å². The molecule has 3 heteroatoms. The molecule has 0 fully saturated rings. The summed E-state index contributed by atoms with van der Waals surface area (Å²) in [7, 11) is 0. The lowest BCUT2D eigenvalue weighted by atomic mass is 10.2. The lowest BCUT2D eigenvalue weighted by Gasteiger charge is -2.12. The zero-order valence-electron chi connectivity index (χ0n) is 10.9. The summed E-state index contributed by atoms with van der Waals surface area (Å²) in [6.45, 7) is 5.08. The summed E-state index contributed by atoms with van der Waals surface area (Å²) >= 11 is 3.85. The lowest BCUT2D eigenvalue weighted by Crippen LogP contribution is -2.01. The Hall–Kier alpha value is -0.120. The van der Waals surface area contributed by atoms with Crippen molar-refractivity contribution < 1.29 is 0 Å². The maximum atomic E-state index is 5.89. The highest BCUT2D eigenvalue weighted by Gasteiger charge is 2.07. The van der Waals surface area contributed by atoms with E-state index in [2.05, 4.69) is 32.0 Å². The minimum atomic E-state index is 0.652. The summed E-state index contributed by atoms with van der Waals surface area (Å²) in [5.74, 6) is 2.32. The molecule has 0 spiro atoms. The van der Waals surface area contributed by atoms with Gasteiger partial charge in [-0.25, -0.2) is 0 Å². The molecule has 0 heterocycles. The van der Waals surface area contributed by atoms with Crippen LogP contribution >= 0.6 is 23.5 Å². The van der Waals surface area contributed by atoms with Gasteiger partial charge in [0.2, 0.25) is 0 Å². The molecule has 1 nitrogen and oxygen atoms in total. The Bertz CT molecular complexity index is 326. The third kappa shape index (κ3) is 4.94. The molecule has 1 rings (SSSR count). The molecule has 2 N–H and O–H groups in total. The Kier molecular flexibility index (Phi) is 7.82. The first-order chi connectivity index (χ1) is 8.33. The van der Waals surface area contributed by atoms with E-state index in [1.807, 2.05) is 23.5 Å². The molecule has 0 saturated carbocycles. The second-order valence-electron chi connectivity index (χ2n) is 3.93. The van der Waals surface area contributed by atoms with Crippen LogP contribution in [0.4, 0.5) is 0 Å². The summed E-state index contributed by atoms with van der Waals surface area (Å²) in [6, 6.07) is 6.55. The second kappa shape index (κ2) is 8.90. The molecule has 96 valence electrons. The highest BCUT2D eigenvalue weighted by atomic mass is 32.2. The highest BCUT2D eigenvalue weighted by Crippen LogP contribution is 2.31. The number of hydrogen-bond acceptors (Lipinski definition) is 3. The summed E-state index contributed by atoms with van der Waals surface area (Å²) in [5, 5.41) is 0. The quantitative estimate of drug-likeness (QED) is 0.554. The van der Waals surface area contributed by atoms with E-state index in [-0.39, 0.29) is 0 Å². The zero-order valence-corrected chi connectivity index (χ0v) is 12.5. The van der Waals surface area contributed by atoms with Crippen molar-refractivity contribution in [1.82, 2.24) is 0 Å². The van der Waals surface area contributed by atoms with Crippen molar-refractivity contribution in [2.24, 2.45) is 5.73 Å². The van der Waals surface area contributed by atoms with Gasteiger partial charge in [0.1, 0.15) is 0 Å². The Morgan fingerprint density at radius 2 is 1.76 bits per heavy atom. The zero-order chi connectivity index (χ0) is 12.5. The Morgan fingerprint density at radius 3 is 2.35 bits per heavy atom. The van der Waals surface area contributed by atoms with Gasteiger partial charge in [0, 0.05) is 16.3 Å². The van der Waals surface area contributed by atoms with Crippen LogP contribution in [0.1, 0.15) is 38.7 Å². The molecule has 0 radical (unpaired) electrons. The van der Waals surface area contributed by atoms with Crippen molar-refractivity contribution >= 4 is 23.5 Å². The molecule has 0 unspecified atom stereocenters. The van der Waals surface area contributed by atoms with Gasteiger partial charge in [0.15, 0.2) is 0 Å². The Balaban J connectivity index is 2.66. The Labute approximate surface area is 114 Å². The van der Waals surface area contributed by atoms with Gasteiger partial charge in [-0.3, -0.25) is 0 Å². The fraction of sp³-hybridized carbons (Fsp3) is 0.571. The van der Waals surface area contributed by atoms with Crippen molar-refractivity contribution in [2.75, 3.05) is 11.5 Å².